The molecule has 3 N–H and O–H groups in total. The number of hydrogen-bond donors (Lipinski definition) is 3. The molecule has 158 valence electrons. The van der Waals surface area contributed by atoms with Gasteiger partial charge in [0.2, 0.25) is 0 Å². The Bertz CT molecular complexity index is 923. The van der Waals surface area contributed by atoms with Gasteiger partial charge in [0.1, 0.15) is 0 Å². The van der Waals surface area contributed by atoms with Gasteiger partial charge in [0.25, 0.3) is 0 Å². The Balaban J connectivity index is 1.34. The van der Waals surface area contributed by atoms with Crippen LogP contribution in [-0.2, 0) is 12.8 Å². The first kappa shape index (κ1) is 20.2. The molecule has 0 saturated carbocycles. The third kappa shape index (κ3) is 4.71. The summed E-state index contributed by atoms with van der Waals surface area (Å²) in [6, 6.07) is 9.47. The smallest absolute Gasteiger partial charge is 0.407 e. The van der Waals surface area contributed by atoms with E-state index in [0.29, 0.717) is 24.7 Å². The number of urea groups is 1. The lowest BCUT2D eigenvalue weighted by Gasteiger charge is -2.34. The highest BCUT2D eigenvalue weighted by Gasteiger charge is 2.28. The van der Waals surface area contributed by atoms with Crippen LogP contribution in [0.5, 0.6) is 0 Å². The lowest BCUT2D eigenvalue weighted by molar-refractivity contribution is 0.0989. The molecule has 1 aliphatic heterocycles. The van der Waals surface area contributed by atoms with Crippen molar-refractivity contribution in [2.45, 2.75) is 19.8 Å². The molecule has 2 aromatic rings. The van der Waals surface area contributed by atoms with E-state index in [1.165, 1.54) is 16.0 Å². The van der Waals surface area contributed by atoms with Crippen molar-refractivity contribution in [1.29, 1.82) is 0 Å². The van der Waals surface area contributed by atoms with Gasteiger partial charge < -0.3 is 20.6 Å². The van der Waals surface area contributed by atoms with E-state index in [-0.39, 0.29) is 6.03 Å². The maximum atomic E-state index is 12.4. The highest BCUT2D eigenvalue weighted by Crippen LogP contribution is 2.33. The van der Waals surface area contributed by atoms with Crippen molar-refractivity contribution in [3.05, 3.63) is 53.3 Å². The number of benzene rings is 1. The number of carbonyl (C=O) groups excluding carboxylic acids is 1. The summed E-state index contributed by atoms with van der Waals surface area (Å²) in [5, 5.41) is 14.9. The molecular formula is C22H27N5O3. The molecule has 4 rings (SSSR count). The summed E-state index contributed by atoms with van der Waals surface area (Å²) in [6.07, 6.45) is 2.70. The van der Waals surface area contributed by atoms with Crippen LogP contribution in [0.15, 0.2) is 36.5 Å². The Labute approximate surface area is 175 Å². The summed E-state index contributed by atoms with van der Waals surface area (Å²) in [7, 11) is 0. The molecule has 1 atom stereocenters. The first-order valence-electron chi connectivity index (χ1n) is 10.3. The fraction of sp³-hybridized carbons (Fsp3) is 0.409. The second-order valence-electron chi connectivity index (χ2n) is 8.06. The lowest BCUT2D eigenvalue weighted by Crippen LogP contribution is -2.49. The third-order valence-electron chi connectivity index (χ3n) is 5.85. The summed E-state index contributed by atoms with van der Waals surface area (Å²) >= 11 is 0. The van der Waals surface area contributed by atoms with Crippen LogP contribution < -0.4 is 10.6 Å². The molecule has 2 aliphatic rings. The number of carbonyl (C=O) groups is 2. The predicted molar refractivity (Wildman–Crippen MR) is 115 cm³/mol. The van der Waals surface area contributed by atoms with Crippen molar-refractivity contribution < 1.29 is 14.7 Å². The SMILES string of the molecule is Cc1ccc(NC(=O)Nc2cccc3c2CC(CN2CCN(C(=O)O)CC2)C3)cn1. The van der Waals surface area contributed by atoms with Gasteiger partial charge in [-0.05, 0) is 55.0 Å². The van der Waals surface area contributed by atoms with Crippen LogP contribution in [0.25, 0.3) is 0 Å². The van der Waals surface area contributed by atoms with E-state index in [2.05, 4.69) is 26.6 Å². The first-order chi connectivity index (χ1) is 14.5. The van der Waals surface area contributed by atoms with E-state index in [0.717, 1.165) is 43.9 Å². The van der Waals surface area contributed by atoms with Gasteiger partial charge in [0.15, 0.2) is 0 Å². The van der Waals surface area contributed by atoms with Crippen LogP contribution in [0.3, 0.4) is 0 Å². The summed E-state index contributed by atoms with van der Waals surface area (Å²) in [4.78, 5) is 31.5. The number of aryl methyl sites for hydroxylation is 1. The van der Waals surface area contributed by atoms with Crippen LogP contribution in [0, 0.1) is 12.8 Å². The maximum Gasteiger partial charge on any atom is 0.407 e. The fourth-order valence-electron chi connectivity index (χ4n) is 4.30. The van der Waals surface area contributed by atoms with E-state index in [9.17, 15) is 9.59 Å². The Hall–Kier alpha value is -3.13. The van der Waals surface area contributed by atoms with Gasteiger partial charge in [-0.2, -0.15) is 0 Å². The molecule has 1 fully saturated rings. The number of amides is 3. The minimum absolute atomic E-state index is 0.276. The molecule has 8 nitrogen and oxygen atoms in total. The molecule has 1 aromatic heterocycles. The van der Waals surface area contributed by atoms with Crippen LogP contribution >= 0.6 is 0 Å². The topological polar surface area (TPSA) is 97.8 Å². The molecule has 1 aliphatic carbocycles. The number of pyridine rings is 1. The fourth-order valence-corrected chi connectivity index (χ4v) is 4.30. The standard InChI is InChI=1S/C22H27N5O3/c1-15-5-6-18(13-23-15)24-21(28)25-20-4-2-3-17-11-16(12-19(17)20)14-26-7-9-27(10-8-26)22(29)30/h2-6,13,16H,7-12,14H2,1H3,(H,29,30)(H2,24,25,28). The van der Waals surface area contributed by atoms with Gasteiger partial charge >= 0.3 is 12.1 Å². The zero-order chi connectivity index (χ0) is 21.1. The van der Waals surface area contributed by atoms with Gasteiger partial charge in [0.05, 0.1) is 11.9 Å². The number of nitrogens with one attached hydrogen (secondary N) is 2. The summed E-state index contributed by atoms with van der Waals surface area (Å²) < 4.78 is 0. The number of nitrogens with zero attached hydrogens (tertiary/aromatic N) is 3. The average Bonchev–Trinajstić information content (AvgIpc) is 3.13. The van der Waals surface area contributed by atoms with Crippen molar-refractivity contribution in [3.63, 3.8) is 0 Å². The minimum atomic E-state index is -0.835. The monoisotopic (exact) mass is 409 g/mol. The molecule has 0 spiro atoms. The van der Waals surface area contributed by atoms with E-state index >= 15 is 0 Å². The molecule has 30 heavy (non-hydrogen) atoms. The molecule has 1 unspecified atom stereocenters. The van der Waals surface area contributed by atoms with Gasteiger partial charge in [0, 0.05) is 44.1 Å². The van der Waals surface area contributed by atoms with Crippen LogP contribution in [0.2, 0.25) is 0 Å². The van der Waals surface area contributed by atoms with Crippen LogP contribution in [0.4, 0.5) is 21.0 Å². The summed E-state index contributed by atoms with van der Waals surface area (Å²) in [6.45, 7) is 5.53. The van der Waals surface area contributed by atoms with E-state index in [1.54, 1.807) is 6.20 Å². The van der Waals surface area contributed by atoms with E-state index in [4.69, 9.17) is 5.11 Å². The molecule has 3 amide bonds. The zero-order valence-electron chi connectivity index (χ0n) is 17.1. The van der Waals surface area contributed by atoms with E-state index < -0.39 is 6.09 Å². The zero-order valence-corrected chi connectivity index (χ0v) is 17.1. The number of carboxylic acid groups (broad SMARTS) is 1. The Morgan fingerprint density at radius 3 is 2.60 bits per heavy atom. The van der Waals surface area contributed by atoms with E-state index in [1.807, 2.05) is 31.2 Å². The number of aromatic nitrogens is 1. The Morgan fingerprint density at radius 1 is 1.10 bits per heavy atom. The molecule has 0 radical (unpaired) electrons. The van der Waals surface area contributed by atoms with Crippen molar-refractivity contribution in [2.75, 3.05) is 43.4 Å². The molecule has 0 bridgehead atoms. The first-order valence-corrected chi connectivity index (χ1v) is 10.3. The number of rotatable bonds is 4. The van der Waals surface area contributed by atoms with Crippen molar-refractivity contribution in [2.24, 2.45) is 5.92 Å². The minimum Gasteiger partial charge on any atom is -0.465 e. The molecule has 8 heteroatoms. The van der Waals surface area contributed by atoms with Gasteiger partial charge in [-0.25, -0.2) is 9.59 Å². The number of piperazine rings is 1. The van der Waals surface area contributed by atoms with Gasteiger partial charge in [-0.3, -0.25) is 9.88 Å². The highest BCUT2D eigenvalue weighted by molar-refractivity contribution is 6.00. The Kier molecular flexibility index (Phi) is 5.85. The second kappa shape index (κ2) is 8.71. The number of anilines is 2. The normalized spacial score (nSPS) is 18.7. The highest BCUT2D eigenvalue weighted by atomic mass is 16.4. The van der Waals surface area contributed by atoms with Gasteiger partial charge in [-0.15, -0.1) is 0 Å². The van der Waals surface area contributed by atoms with Crippen molar-refractivity contribution in [1.82, 2.24) is 14.8 Å². The van der Waals surface area contributed by atoms with Crippen molar-refractivity contribution in [3.8, 4) is 0 Å². The third-order valence-corrected chi connectivity index (χ3v) is 5.85. The second-order valence-corrected chi connectivity index (χ2v) is 8.06. The van der Waals surface area contributed by atoms with Crippen molar-refractivity contribution >= 4 is 23.5 Å². The van der Waals surface area contributed by atoms with Gasteiger partial charge in [-0.1, -0.05) is 12.1 Å². The van der Waals surface area contributed by atoms with Crippen LogP contribution in [0.1, 0.15) is 16.8 Å². The lowest BCUT2D eigenvalue weighted by atomic mass is 10.1. The largest absolute Gasteiger partial charge is 0.465 e. The molecule has 1 aromatic carbocycles. The number of fused-ring (bicyclic) bond motifs is 1. The van der Waals surface area contributed by atoms with Crippen LogP contribution in [-0.4, -0.2) is 64.7 Å². The molecular weight excluding hydrogens is 382 g/mol. The maximum absolute atomic E-state index is 12.4. The summed E-state index contributed by atoms with van der Waals surface area (Å²) in [5.74, 6) is 0.476. The molecule has 2 heterocycles. The molecule has 1 saturated heterocycles. The predicted octanol–water partition coefficient (Wildman–Crippen LogP) is 3.04. The summed E-state index contributed by atoms with van der Waals surface area (Å²) in [5.41, 5.74) is 4.88. The quantitative estimate of drug-likeness (QED) is 0.721. The number of hydrogen-bond acceptors (Lipinski definition) is 4. The Morgan fingerprint density at radius 2 is 1.90 bits per heavy atom. The average molecular weight is 409 g/mol.